The minimum atomic E-state index is -0.510. The fourth-order valence-electron chi connectivity index (χ4n) is 3.50. The Morgan fingerprint density at radius 1 is 0.654 bits per heavy atom. The molecule has 1 unspecified atom stereocenters. The zero-order chi connectivity index (χ0) is 19.5. The maximum atomic E-state index is 11.9. The predicted octanol–water partition coefficient (Wildman–Crippen LogP) is 6.27. The maximum absolute atomic E-state index is 11.9. The van der Waals surface area contributed by atoms with E-state index in [1.54, 1.807) is 14.2 Å². The van der Waals surface area contributed by atoms with Crippen molar-refractivity contribution in [3.05, 3.63) is 0 Å². The number of unbranched alkanes of at least 4 members (excludes halogenated alkanes) is 13. The van der Waals surface area contributed by atoms with E-state index in [2.05, 4.69) is 6.92 Å². The lowest BCUT2D eigenvalue weighted by Crippen LogP contribution is -2.32. The monoisotopic (exact) mass is 372 g/mol. The molecule has 0 spiro atoms. The first-order valence-corrected chi connectivity index (χ1v) is 10.8. The van der Waals surface area contributed by atoms with Gasteiger partial charge in [-0.15, -0.1) is 0 Å². The largest absolute Gasteiger partial charge is 0.469 e. The van der Waals surface area contributed by atoms with Crippen LogP contribution in [-0.4, -0.2) is 33.6 Å². The normalized spacial score (nSPS) is 12.5. The molecule has 0 fully saturated rings. The van der Waals surface area contributed by atoms with Crippen LogP contribution in [0.4, 0.5) is 0 Å². The molecule has 0 aliphatic carbocycles. The van der Waals surface area contributed by atoms with Gasteiger partial charge in [-0.3, -0.25) is 4.79 Å². The van der Waals surface area contributed by atoms with Crippen LogP contribution in [0, 0.1) is 5.92 Å². The fraction of sp³-hybridized carbons (Fsp3) is 0.955. The Kier molecular flexibility index (Phi) is 18.7. The summed E-state index contributed by atoms with van der Waals surface area (Å²) in [7, 11) is 4.55. The second-order valence-corrected chi connectivity index (χ2v) is 7.35. The lowest BCUT2D eigenvalue weighted by Gasteiger charge is -2.22. The number of carbonyl (C=O) groups excluding carboxylic acids is 1. The molecule has 26 heavy (non-hydrogen) atoms. The molecular formula is C22H44O4. The van der Waals surface area contributed by atoms with Gasteiger partial charge in [0.05, 0.1) is 7.11 Å². The molecule has 0 N–H and O–H groups in total. The van der Waals surface area contributed by atoms with Gasteiger partial charge in [0.25, 0.3) is 0 Å². The predicted molar refractivity (Wildman–Crippen MR) is 108 cm³/mol. The van der Waals surface area contributed by atoms with Gasteiger partial charge in [0.2, 0.25) is 0 Å². The topological polar surface area (TPSA) is 44.8 Å². The van der Waals surface area contributed by atoms with Crippen LogP contribution in [0.3, 0.4) is 0 Å². The maximum Gasteiger partial charge on any atom is 0.313 e. The van der Waals surface area contributed by atoms with Crippen LogP contribution in [0.15, 0.2) is 0 Å². The van der Waals surface area contributed by atoms with E-state index in [4.69, 9.17) is 14.2 Å². The summed E-state index contributed by atoms with van der Waals surface area (Å²) in [6, 6.07) is 0. The molecule has 4 nitrogen and oxygen atoms in total. The number of methoxy groups -OCH3 is 3. The first-order valence-electron chi connectivity index (χ1n) is 10.8. The van der Waals surface area contributed by atoms with Gasteiger partial charge >= 0.3 is 5.97 Å². The van der Waals surface area contributed by atoms with Crippen LogP contribution < -0.4 is 0 Å². The first kappa shape index (κ1) is 25.4. The molecule has 0 saturated heterocycles. The zero-order valence-electron chi connectivity index (χ0n) is 17.9. The van der Waals surface area contributed by atoms with Gasteiger partial charge in [0.1, 0.15) is 5.92 Å². The van der Waals surface area contributed by atoms with Gasteiger partial charge in [-0.05, 0) is 6.42 Å². The molecule has 0 saturated carbocycles. The molecule has 0 bridgehead atoms. The molecular weight excluding hydrogens is 328 g/mol. The third-order valence-corrected chi connectivity index (χ3v) is 5.17. The lowest BCUT2D eigenvalue weighted by molar-refractivity contribution is -0.175. The van der Waals surface area contributed by atoms with Crippen LogP contribution in [0.25, 0.3) is 0 Å². The molecule has 0 aromatic carbocycles. The molecule has 0 aromatic heterocycles. The molecule has 0 aliphatic heterocycles. The van der Waals surface area contributed by atoms with Crippen molar-refractivity contribution in [1.82, 2.24) is 0 Å². The second-order valence-electron chi connectivity index (χ2n) is 7.35. The van der Waals surface area contributed by atoms with Gasteiger partial charge in [-0.25, -0.2) is 0 Å². The molecule has 0 aliphatic rings. The highest BCUT2D eigenvalue weighted by Gasteiger charge is 2.28. The molecule has 0 rings (SSSR count). The number of hydrogen-bond donors (Lipinski definition) is 0. The number of hydrogen-bond acceptors (Lipinski definition) is 4. The Balaban J connectivity index is 3.52. The second kappa shape index (κ2) is 19.2. The Morgan fingerprint density at radius 3 is 1.38 bits per heavy atom. The molecule has 4 heteroatoms. The average Bonchev–Trinajstić information content (AvgIpc) is 2.66. The fourth-order valence-corrected chi connectivity index (χ4v) is 3.50. The van der Waals surface area contributed by atoms with Gasteiger partial charge < -0.3 is 14.2 Å². The number of carbonyl (C=O) groups is 1. The van der Waals surface area contributed by atoms with Crippen LogP contribution >= 0.6 is 0 Å². The van der Waals surface area contributed by atoms with Crippen molar-refractivity contribution >= 4 is 5.97 Å². The van der Waals surface area contributed by atoms with Crippen LogP contribution in [-0.2, 0) is 19.0 Å². The third-order valence-electron chi connectivity index (χ3n) is 5.17. The first-order chi connectivity index (χ1) is 12.7. The average molecular weight is 373 g/mol. The standard InChI is InChI=1S/C22H44O4/c1-5-6-7-8-9-10-11-12-13-14-15-16-17-18-19-20(21(23)24-2)22(25-3)26-4/h20,22H,5-19H2,1-4H3. The quantitative estimate of drug-likeness (QED) is 0.152. The van der Waals surface area contributed by atoms with Crippen molar-refractivity contribution in [2.75, 3.05) is 21.3 Å². The molecule has 0 aromatic rings. The number of ether oxygens (including phenoxy) is 3. The van der Waals surface area contributed by atoms with Crippen LogP contribution in [0.1, 0.15) is 103 Å². The van der Waals surface area contributed by atoms with E-state index in [9.17, 15) is 4.79 Å². The van der Waals surface area contributed by atoms with Gasteiger partial charge in [-0.2, -0.15) is 0 Å². The van der Waals surface area contributed by atoms with Crippen molar-refractivity contribution in [3.63, 3.8) is 0 Å². The highest BCUT2D eigenvalue weighted by molar-refractivity contribution is 5.72. The Hall–Kier alpha value is -0.610. The Morgan fingerprint density at radius 2 is 1.04 bits per heavy atom. The van der Waals surface area contributed by atoms with E-state index in [1.807, 2.05) is 0 Å². The lowest BCUT2D eigenvalue weighted by atomic mass is 9.99. The highest BCUT2D eigenvalue weighted by atomic mass is 16.7. The molecule has 1 atom stereocenters. The minimum Gasteiger partial charge on any atom is -0.469 e. The Labute approximate surface area is 162 Å². The van der Waals surface area contributed by atoms with E-state index in [-0.39, 0.29) is 11.9 Å². The summed E-state index contributed by atoms with van der Waals surface area (Å²) in [6.07, 6.45) is 18.9. The van der Waals surface area contributed by atoms with Crippen molar-refractivity contribution in [2.24, 2.45) is 5.92 Å². The van der Waals surface area contributed by atoms with E-state index in [0.717, 1.165) is 19.3 Å². The summed E-state index contributed by atoms with van der Waals surface area (Å²) in [5.74, 6) is -0.569. The summed E-state index contributed by atoms with van der Waals surface area (Å²) in [5.41, 5.74) is 0. The molecule has 156 valence electrons. The minimum absolute atomic E-state index is 0.242. The van der Waals surface area contributed by atoms with Gasteiger partial charge in [0, 0.05) is 14.2 Å². The SMILES string of the molecule is CCCCCCCCCCCCCCCCC(C(=O)OC)C(OC)OC. The Bertz CT molecular complexity index is 303. The van der Waals surface area contributed by atoms with E-state index < -0.39 is 6.29 Å². The smallest absolute Gasteiger partial charge is 0.313 e. The van der Waals surface area contributed by atoms with Crippen LogP contribution in [0.2, 0.25) is 0 Å². The summed E-state index contributed by atoms with van der Waals surface area (Å²) in [6.45, 7) is 2.27. The highest BCUT2D eigenvalue weighted by Crippen LogP contribution is 2.20. The molecule has 0 amide bonds. The molecule has 0 radical (unpaired) electrons. The summed E-state index contributed by atoms with van der Waals surface area (Å²) in [5, 5.41) is 0. The van der Waals surface area contributed by atoms with Crippen molar-refractivity contribution in [1.29, 1.82) is 0 Å². The van der Waals surface area contributed by atoms with Crippen LogP contribution in [0.5, 0.6) is 0 Å². The van der Waals surface area contributed by atoms with Gasteiger partial charge in [-0.1, -0.05) is 96.8 Å². The zero-order valence-corrected chi connectivity index (χ0v) is 17.9. The van der Waals surface area contributed by atoms with E-state index in [0.29, 0.717) is 0 Å². The van der Waals surface area contributed by atoms with Crippen molar-refractivity contribution in [3.8, 4) is 0 Å². The summed E-state index contributed by atoms with van der Waals surface area (Å²) < 4.78 is 15.3. The summed E-state index contributed by atoms with van der Waals surface area (Å²) >= 11 is 0. The van der Waals surface area contributed by atoms with E-state index in [1.165, 1.54) is 84.2 Å². The van der Waals surface area contributed by atoms with Crippen molar-refractivity contribution < 1.29 is 19.0 Å². The summed E-state index contributed by atoms with van der Waals surface area (Å²) in [4.78, 5) is 11.9. The van der Waals surface area contributed by atoms with E-state index >= 15 is 0 Å². The number of rotatable bonds is 19. The van der Waals surface area contributed by atoms with Gasteiger partial charge in [0.15, 0.2) is 6.29 Å². The molecule has 0 heterocycles. The third kappa shape index (κ3) is 13.6. The van der Waals surface area contributed by atoms with Crippen molar-refractivity contribution in [2.45, 2.75) is 110 Å². The number of esters is 1.